The van der Waals surface area contributed by atoms with Crippen LogP contribution in [0.3, 0.4) is 0 Å². The number of methoxy groups -OCH3 is 1. The van der Waals surface area contributed by atoms with Crippen LogP contribution in [0.15, 0.2) is 41.8 Å². The van der Waals surface area contributed by atoms with E-state index in [0.29, 0.717) is 23.2 Å². The van der Waals surface area contributed by atoms with Crippen LogP contribution >= 0.6 is 11.8 Å². The van der Waals surface area contributed by atoms with Crippen molar-refractivity contribution in [2.75, 3.05) is 19.0 Å². The Bertz CT molecular complexity index is 1160. The minimum atomic E-state index is -0.546. The summed E-state index contributed by atoms with van der Waals surface area (Å²) in [7, 11) is 1.43. The van der Waals surface area contributed by atoms with Crippen molar-refractivity contribution in [1.82, 2.24) is 4.90 Å². The third kappa shape index (κ3) is 5.28. The molecule has 33 heavy (non-hydrogen) atoms. The number of aromatic hydroxyl groups is 1. The molecule has 0 spiro atoms. The minimum Gasteiger partial charge on any atom is -0.504 e. The van der Waals surface area contributed by atoms with Gasteiger partial charge in [0.2, 0.25) is 5.91 Å². The van der Waals surface area contributed by atoms with Crippen LogP contribution in [-0.2, 0) is 16.0 Å². The van der Waals surface area contributed by atoms with E-state index in [9.17, 15) is 19.5 Å². The summed E-state index contributed by atoms with van der Waals surface area (Å²) < 4.78 is 5.21. The lowest BCUT2D eigenvalue weighted by atomic mass is 10.0. The van der Waals surface area contributed by atoms with Gasteiger partial charge in [0.25, 0.3) is 11.1 Å². The monoisotopic (exact) mass is 466 g/mol. The maximum absolute atomic E-state index is 12.9. The summed E-state index contributed by atoms with van der Waals surface area (Å²) in [6, 6.07) is 7.19. The van der Waals surface area contributed by atoms with Gasteiger partial charge in [-0.05, 0) is 73.9 Å². The van der Waals surface area contributed by atoms with Crippen molar-refractivity contribution in [2.45, 2.75) is 27.2 Å². The van der Waals surface area contributed by atoms with E-state index in [2.05, 4.69) is 11.9 Å². The molecule has 1 aliphatic heterocycles. The Hall–Kier alpha value is -3.52. The number of aryl methyl sites for hydroxylation is 3. The van der Waals surface area contributed by atoms with Gasteiger partial charge in [-0.15, -0.1) is 6.58 Å². The first kappa shape index (κ1) is 24.1. The van der Waals surface area contributed by atoms with Gasteiger partial charge in [-0.1, -0.05) is 23.8 Å². The number of nitrogens with one attached hydrogen (secondary N) is 1. The van der Waals surface area contributed by atoms with E-state index in [1.807, 2.05) is 32.9 Å². The first-order chi connectivity index (χ1) is 15.6. The number of rotatable bonds is 7. The predicted octanol–water partition coefficient (Wildman–Crippen LogP) is 4.73. The van der Waals surface area contributed by atoms with Crippen molar-refractivity contribution < 1.29 is 24.2 Å². The molecule has 3 amide bonds. The fourth-order valence-electron chi connectivity index (χ4n) is 3.73. The number of phenolic OH excluding ortho intramolecular Hbond substituents is 1. The molecule has 0 aromatic heterocycles. The molecular weight excluding hydrogens is 440 g/mol. The number of anilines is 1. The van der Waals surface area contributed by atoms with Crippen molar-refractivity contribution in [3.05, 3.63) is 69.6 Å². The molecule has 7 nitrogen and oxygen atoms in total. The number of allylic oxidation sites excluding steroid dienone is 1. The molecule has 8 heteroatoms. The van der Waals surface area contributed by atoms with Crippen molar-refractivity contribution in [1.29, 1.82) is 0 Å². The summed E-state index contributed by atoms with van der Waals surface area (Å²) in [4.78, 5) is 39.0. The highest BCUT2D eigenvalue weighted by Crippen LogP contribution is 2.36. The number of carbonyl (C=O) groups excluding carboxylic acids is 3. The van der Waals surface area contributed by atoms with E-state index >= 15 is 0 Å². The number of amides is 3. The lowest BCUT2D eigenvalue weighted by Gasteiger charge is -2.16. The maximum atomic E-state index is 12.9. The van der Waals surface area contributed by atoms with Crippen LogP contribution in [0, 0.1) is 20.8 Å². The molecule has 0 aliphatic carbocycles. The molecule has 0 unspecified atom stereocenters. The number of carbonyl (C=O) groups is 3. The predicted molar refractivity (Wildman–Crippen MR) is 131 cm³/mol. The molecule has 2 aromatic rings. The van der Waals surface area contributed by atoms with E-state index in [-0.39, 0.29) is 22.9 Å². The number of thioether (sulfide) groups is 1. The van der Waals surface area contributed by atoms with Crippen molar-refractivity contribution in [3.63, 3.8) is 0 Å². The van der Waals surface area contributed by atoms with Gasteiger partial charge in [0.05, 0.1) is 12.0 Å². The Balaban J connectivity index is 1.80. The zero-order valence-corrected chi connectivity index (χ0v) is 19.8. The zero-order chi connectivity index (χ0) is 24.3. The Labute approximate surface area is 197 Å². The summed E-state index contributed by atoms with van der Waals surface area (Å²) >= 11 is 0.765. The second kappa shape index (κ2) is 9.95. The number of ether oxygens (including phenoxy) is 1. The van der Waals surface area contributed by atoms with Crippen LogP contribution in [0.2, 0.25) is 0 Å². The van der Waals surface area contributed by atoms with Crippen LogP contribution in [0.4, 0.5) is 10.5 Å². The summed E-state index contributed by atoms with van der Waals surface area (Å²) in [6.07, 6.45) is 3.59. The quantitative estimate of drug-likeness (QED) is 0.452. The Morgan fingerprint density at radius 2 is 1.85 bits per heavy atom. The van der Waals surface area contributed by atoms with Gasteiger partial charge < -0.3 is 15.2 Å². The number of phenols is 1. The molecule has 172 valence electrons. The van der Waals surface area contributed by atoms with Crippen LogP contribution in [0.25, 0.3) is 6.08 Å². The van der Waals surface area contributed by atoms with Crippen molar-refractivity contribution >= 4 is 40.6 Å². The SMILES string of the molecule is C=CCc1cc(/C=C2\SC(=O)N(CC(=O)Nc3c(C)cc(C)cc3C)C2=O)cc(OC)c1O. The molecule has 2 aromatic carbocycles. The maximum Gasteiger partial charge on any atom is 0.294 e. The number of nitrogens with zero attached hydrogens (tertiary/aromatic N) is 1. The standard InChI is InChI=1S/C25H26N2O5S/c1-6-7-18-10-17(11-19(32-5)23(18)29)12-20-24(30)27(25(31)33-20)13-21(28)26-22-15(3)8-14(2)9-16(22)4/h6,8-12,29H,1,7,13H2,2-5H3,(H,26,28)/b20-12-. The number of hydrogen-bond acceptors (Lipinski definition) is 6. The van der Waals surface area contributed by atoms with Crippen LogP contribution in [0.5, 0.6) is 11.5 Å². The molecule has 1 fully saturated rings. The second-order valence-corrected chi connectivity index (χ2v) is 8.81. The second-order valence-electron chi connectivity index (χ2n) is 7.81. The average molecular weight is 467 g/mol. The molecule has 1 aliphatic rings. The van der Waals surface area contributed by atoms with Gasteiger partial charge in [0.15, 0.2) is 11.5 Å². The highest BCUT2D eigenvalue weighted by Gasteiger charge is 2.36. The van der Waals surface area contributed by atoms with E-state index in [1.165, 1.54) is 7.11 Å². The molecule has 0 radical (unpaired) electrons. The first-order valence-electron chi connectivity index (χ1n) is 10.3. The van der Waals surface area contributed by atoms with Gasteiger partial charge in [0.1, 0.15) is 6.54 Å². The van der Waals surface area contributed by atoms with Gasteiger partial charge >= 0.3 is 0 Å². The topological polar surface area (TPSA) is 95.9 Å². The molecule has 3 rings (SSSR count). The number of hydrogen-bond donors (Lipinski definition) is 2. The normalized spacial score (nSPS) is 14.7. The molecular formula is C25H26N2O5S. The van der Waals surface area contributed by atoms with Gasteiger partial charge in [0, 0.05) is 11.3 Å². The van der Waals surface area contributed by atoms with Crippen molar-refractivity contribution in [3.8, 4) is 11.5 Å². The Kier molecular flexibility index (Phi) is 7.28. The van der Waals surface area contributed by atoms with Gasteiger partial charge in [-0.2, -0.15) is 0 Å². The summed E-state index contributed by atoms with van der Waals surface area (Å²) in [5.74, 6) is -0.743. The Morgan fingerprint density at radius 1 is 1.18 bits per heavy atom. The zero-order valence-electron chi connectivity index (χ0n) is 19.0. The highest BCUT2D eigenvalue weighted by atomic mass is 32.2. The fraction of sp³-hybridized carbons (Fsp3) is 0.240. The summed E-state index contributed by atoms with van der Waals surface area (Å²) in [6.45, 7) is 9.06. The number of benzene rings is 2. The largest absolute Gasteiger partial charge is 0.504 e. The van der Waals surface area contributed by atoms with Crippen molar-refractivity contribution in [2.24, 2.45) is 0 Å². The molecule has 0 saturated carbocycles. The summed E-state index contributed by atoms with van der Waals surface area (Å²) in [5.41, 5.74) is 4.75. The molecule has 1 heterocycles. The first-order valence-corrected chi connectivity index (χ1v) is 11.1. The lowest BCUT2D eigenvalue weighted by molar-refractivity contribution is -0.127. The van der Waals surface area contributed by atoms with Crippen LogP contribution in [0.1, 0.15) is 27.8 Å². The summed E-state index contributed by atoms with van der Waals surface area (Å²) in [5, 5.41) is 12.5. The van der Waals surface area contributed by atoms with E-state index in [4.69, 9.17) is 4.74 Å². The van der Waals surface area contributed by atoms with E-state index < -0.39 is 17.1 Å². The third-order valence-electron chi connectivity index (χ3n) is 5.17. The van der Waals surface area contributed by atoms with Gasteiger partial charge in [-0.25, -0.2) is 0 Å². The van der Waals surface area contributed by atoms with Gasteiger partial charge in [-0.3, -0.25) is 19.3 Å². The number of imide groups is 1. The minimum absolute atomic E-state index is 0.000943. The molecule has 2 N–H and O–H groups in total. The smallest absolute Gasteiger partial charge is 0.294 e. The third-order valence-corrected chi connectivity index (χ3v) is 6.08. The van der Waals surface area contributed by atoms with Crippen LogP contribution in [-0.4, -0.2) is 40.7 Å². The lowest BCUT2D eigenvalue weighted by Crippen LogP contribution is -2.36. The highest BCUT2D eigenvalue weighted by molar-refractivity contribution is 8.18. The fourth-order valence-corrected chi connectivity index (χ4v) is 4.56. The Morgan fingerprint density at radius 3 is 2.45 bits per heavy atom. The molecule has 0 atom stereocenters. The van der Waals surface area contributed by atoms with Crippen LogP contribution < -0.4 is 10.1 Å². The average Bonchev–Trinajstić information content (AvgIpc) is 3.00. The van der Waals surface area contributed by atoms with E-state index in [0.717, 1.165) is 33.4 Å². The molecule has 0 bridgehead atoms. The molecule has 1 saturated heterocycles. The van der Waals surface area contributed by atoms with E-state index in [1.54, 1.807) is 24.3 Å².